The molecule has 3 N–H and O–H groups in total. The van der Waals surface area contributed by atoms with Gasteiger partial charge in [-0.3, -0.25) is 4.79 Å². The first-order valence-corrected chi connectivity index (χ1v) is 9.74. The molecule has 5 nitrogen and oxygen atoms in total. The van der Waals surface area contributed by atoms with E-state index >= 15 is 0 Å². The highest BCUT2D eigenvalue weighted by atomic mass is 16.5. The highest BCUT2D eigenvalue weighted by molar-refractivity contribution is 5.88. The van der Waals surface area contributed by atoms with Gasteiger partial charge in [0, 0.05) is 11.7 Å². The Kier molecular flexibility index (Phi) is 4.18. The summed E-state index contributed by atoms with van der Waals surface area (Å²) in [5.41, 5.74) is -0.278. The summed E-state index contributed by atoms with van der Waals surface area (Å²) in [6.07, 6.45) is 4.95. The molecule has 4 aliphatic rings. The first kappa shape index (κ1) is 17.7. The van der Waals surface area contributed by atoms with E-state index in [-0.39, 0.29) is 11.9 Å². The van der Waals surface area contributed by atoms with Crippen LogP contribution in [0.4, 0.5) is 5.69 Å². The number of ether oxygens (including phenoxy) is 1. The molecule has 1 amide bonds. The Balaban J connectivity index is 1.42. The van der Waals surface area contributed by atoms with Gasteiger partial charge in [0.15, 0.2) is 0 Å². The number of carbonyl (C=O) groups is 1. The molecule has 26 heavy (non-hydrogen) atoms. The van der Waals surface area contributed by atoms with Crippen LogP contribution in [0.3, 0.4) is 0 Å². The van der Waals surface area contributed by atoms with Gasteiger partial charge in [-0.1, -0.05) is 0 Å². The number of benzene rings is 1. The minimum Gasteiger partial charge on any atom is -0.497 e. The van der Waals surface area contributed by atoms with Crippen LogP contribution in [-0.2, 0) is 4.79 Å². The molecule has 142 valence electrons. The predicted octanol–water partition coefficient (Wildman–Crippen LogP) is 2.94. The van der Waals surface area contributed by atoms with Crippen LogP contribution in [0.15, 0.2) is 24.3 Å². The van der Waals surface area contributed by atoms with Gasteiger partial charge < -0.3 is 20.5 Å². The van der Waals surface area contributed by atoms with E-state index in [0.717, 1.165) is 43.5 Å². The molecule has 4 saturated carbocycles. The lowest BCUT2D eigenvalue weighted by Crippen LogP contribution is -2.63. The fraction of sp³-hybridized carbons (Fsp3) is 0.667. The van der Waals surface area contributed by atoms with Gasteiger partial charge in [-0.25, -0.2) is 0 Å². The minimum absolute atomic E-state index is 0.0257. The summed E-state index contributed by atoms with van der Waals surface area (Å²) in [6.45, 7) is 3.83. The van der Waals surface area contributed by atoms with Crippen molar-refractivity contribution in [2.24, 2.45) is 17.8 Å². The van der Waals surface area contributed by atoms with Gasteiger partial charge in [0.2, 0.25) is 5.91 Å². The summed E-state index contributed by atoms with van der Waals surface area (Å²) in [4.78, 5) is 13.0. The van der Waals surface area contributed by atoms with E-state index in [1.165, 1.54) is 0 Å². The number of hydrogen-bond acceptors (Lipinski definition) is 4. The number of nitrogens with one attached hydrogen (secondary N) is 2. The van der Waals surface area contributed by atoms with Gasteiger partial charge in [0.05, 0.1) is 12.7 Å². The number of rotatable bonds is 5. The molecule has 1 aromatic rings. The van der Waals surface area contributed by atoms with Crippen LogP contribution >= 0.6 is 0 Å². The van der Waals surface area contributed by atoms with Crippen LogP contribution in [0.1, 0.15) is 46.0 Å². The topological polar surface area (TPSA) is 70.6 Å². The SMILES string of the molecule is COc1ccc(NC(C)(C)C(=O)N[C@H]2[C@@H]3CC4C[C@H]2C[C@](O)(C4)C3)cc1. The number of amides is 1. The van der Waals surface area contributed by atoms with Crippen molar-refractivity contribution < 1.29 is 14.6 Å². The monoisotopic (exact) mass is 358 g/mol. The normalized spacial score (nSPS) is 35.2. The van der Waals surface area contributed by atoms with Gasteiger partial charge in [-0.15, -0.1) is 0 Å². The Morgan fingerprint density at radius 3 is 2.31 bits per heavy atom. The van der Waals surface area contributed by atoms with Crippen LogP contribution in [0.5, 0.6) is 5.75 Å². The molecule has 5 rings (SSSR count). The first-order chi connectivity index (χ1) is 12.3. The van der Waals surface area contributed by atoms with Gasteiger partial charge >= 0.3 is 0 Å². The van der Waals surface area contributed by atoms with Gasteiger partial charge in [-0.05, 0) is 88.0 Å². The van der Waals surface area contributed by atoms with Gasteiger partial charge in [0.25, 0.3) is 0 Å². The quantitative estimate of drug-likeness (QED) is 0.757. The standard InChI is InChI=1S/C21H30N2O3/c1-20(2,23-16-4-6-17(26-3)7-5-16)19(24)22-18-14-8-13-9-15(18)12-21(25,10-13)11-14/h4-7,13-15,18,23,25H,8-12H2,1-3H3,(H,22,24)/t13?,14-,15+,18+,21+. The van der Waals surface area contributed by atoms with E-state index in [4.69, 9.17) is 4.74 Å². The number of anilines is 1. The van der Waals surface area contributed by atoms with E-state index < -0.39 is 11.1 Å². The molecular formula is C21H30N2O3. The predicted molar refractivity (Wildman–Crippen MR) is 101 cm³/mol. The third kappa shape index (κ3) is 3.18. The fourth-order valence-electron chi connectivity index (χ4n) is 5.64. The average Bonchev–Trinajstić information content (AvgIpc) is 2.57. The lowest BCUT2D eigenvalue weighted by Gasteiger charge is -2.58. The van der Waals surface area contributed by atoms with Crippen molar-refractivity contribution in [2.45, 2.75) is 63.1 Å². The molecule has 0 heterocycles. The van der Waals surface area contributed by atoms with Crippen LogP contribution in [0.2, 0.25) is 0 Å². The van der Waals surface area contributed by atoms with Crippen LogP contribution in [-0.4, -0.2) is 35.3 Å². The highest BCUT2D eigenvalue weighted by Crippen LogP contribution is 2.55. The smallest absolute Gasteiger partial charge is 0.245 e. The van der Waals surface area contributed by atoms with Crippen LogP contribution < -0.4 is 15.4 Å². The minimum atomic E-state index is -0.708. The molecule has 5 heteroatoms. The maximum Gasteiger partial charge on any atom is 0.245 e. The third-order valence-electron chi connectivity index (χ3n) is 6.65. The molecule has 4 fully saturated rings. The van der Waals surface area contributed by atoms with E-state index in [1.54, 1.807) is 7.11 Å². The number of carbonyl (C=O) groups excluding carboxylic acids is 1. The molecule has 1 unspecified atom stereocenters. The van der Waals surface area contributed by atoms with Crippen molar-refractivity contribution in [3.8, 4) is 5.75 Å². The number of hydrogen-bond donors (Lipinski definition) is 3. The second-order valence-corrected chi connectivity index (χ2v) is 9.17. The first-order valence-electron chi connectivity index (χ1n) is 9.74. The maximum absolute atomic E-state index is 13.0. The van der Waals surface area contributed by atoms with Crippen molar-refractivity contribution in [3.63, 3.8) is 0 Å². The van der Waals surface area contributed by atoms with Crippen molar-refractivity contribution >= 4 is 11.6 Å². The summed E-state index contributed by atoms with van der Waals surface area (Å²) in [7, 11) is 1.64. The largest absolute Gasteiger partial charge is 0.497 e. The van der Waals surface area contributed by atoms with E-state index in [0.29, 0.717) is 17.8 Å². The molecular weight excluding hydrogens is 328 g/mol. The summed E-state index contributed by atoms with van der Waals surface area (Å²) in [5.74, 6) is 2.32. The summed E-state index contributed by atoms with van der Waals surface area (Å²) in [6, 6.07) is 7.82. The molecule has 0 aliphatic heterocycles. The Labute approximate surface area is 155 Å². The summed E-state index contributed by atoms with van der Waals surface area (Å²) < 4.78 is 5.18. The molecule has 0 radical (unpaired) electrons. The summed E-state index contributed by atoms with van der Waals surface area (Å²) in [5, 5.41) is 17.4. The van der Waals surface area contributed by atoms with E-state index in [1.807, 2.05) is 38.1 Å². The molecule has 0 spiro atoms. The number of methoxy groups -OCH3 is 1. The van der Waals surface area contributed by atoms with E-state index in [2.05, 4.69) is 10.6 Å². The second kappa shape index (κ2) is 6.15. The van der Waals surface area contributed by atoms with Crippen molar-refractivity contribution in [1.82, 2.24) is 5.32 Å². The van der Waals surface area contributed by atoms with E-state index in [9.17, 15) is 9.90 Å². The second-order valence-electron chi connectivity index (χ2n) is 9.17. The Morgan fingerprint density at radius 1 is 1.15 bits per heavy atom. The molecule has 5 atom stereocenters. The number of aliphatic hydroxyl groups is 1. The Hall–Kier alpha value is -1.75. The molecule has 0 saturated heterocycles. The van der Waals surface area contributed by atoms with Gasteiger partial charge in [-0.2, -0.15) is 0 Å². The molecule has 0 aromatic heterocycles. The molecule has 4 bridgehead atoms. The van der Waals surface area contributed by atoms with Crippen molar-refractivity contribution in [2.75, 3.05) is 12.4 Å². The van der Waals surface area contributed by atoms with Gasteiger partial charge in [0.1, 0.15) is 11.3 Å². The third-order valence-corrected chi connectivity index (χ3v) is 6.65. The Morgan fingerprint density at radius 2 is 1.77 bits per heavy atom. The van der Waals surface area contributed by atoms with Crippen molar-refractivity contribution in [1.29, 1.82) is 0 Å². The summed E-state index contributed by atoms with van der Waals surface area (Å²) >= 11 is 0. The average molecular weight is 358 g/mol. The highest BCUT2D eigenvalue weighted by Gasteiger charge is 2.55. The van der Waals surface area contributed by atoms with Crippen LogP contribution in [0, 0.1) is 17.8 Å². The zero-order valence-corrected chi connectivity index (χ0v) is 15.9. The molecule has 4 aliphatic carbocycles. The maximum atomic E-state index is 13.0. The Bertz CT molecular complexity index is 669. The lowest BCUT2D eigenvalue weighted by molar-refractivity contribution is -0.148. The fourth-order valence-corrected chi connectivity index (χ4v) is 5.64. The lowest BCUT2D eigenvalue weighted by atomic mass is 9.52. The van der Waals surface area contributed by atoms with Crippen LogP contribution in [0.25, 0.3) is 0 Å². The zero-order valence-electron chi connectivity index (χ0n) is 15.9. The zero-order chi connectivity index (χ0) is 18.5. The molecule has 1 aromatic carbocycles. The van der Waals surface area contributed by atoms with Crippen molar-refractivity contribution in [3.05, 3.63) is 24.3 Å².